The Kier molecular flexibility index (Phi) is 5.97. The van der Waals surface area contributed by atoms with E-state index in [0.29, 0.717) is 12.5 Å². The first-order valence-corrected chi connectivity index (χ1v) is 9.00. The molecule has 1 rings (SSSR count). The molecular weight excluding hydrogens is 296 g/mol. The van der Waals surface area contributed by atoms with E-state index in [-0.39, 0.29) is 6.54 Å². The number of aliphatic imine (C=N–C) groups is 1. The number of nitrogens with zero attached hydrogens (tertiary/aromatic N) is 1. The van der Waals surface area contributed by atoms with Crippen molar-refractivity contribution in [3.8, 4) is 0 Å². The maximum atomic E-state index is 11.2. The Labute approximate surface area is 124 Å². The van der Waals surface area contributed by atoms with Gasteiger partial charge in [-0.2, -0.15) is 0 Å². The van der Waals surface area contributed by atoms with Crippen LogP contribution >= 0.6 is 11.3 Å². The molecule has 1 aromatic rings. The van der Waals surface area contributed by atoms with Gasteiger partial charge in [0.1, 0.15) is 0 Å². The van der Waals surface area contributed by atoms with Gasteiger partial charge < -0.3 is 11.1 Å². The molecule has 20 heavy (non-hydrogen) atoms. The van der Waals surface area contributed by atoms with E-state index in [1.54, 1.807) is 25.2 Å². The topological polar surface area (TPSA) is 96.6 Å². The van der Waals surface area contributed by atoms with Crippen LogP contribution in [-0.4, -0.2) is 39.3 Å². The molecule has 114 valence electrons. The molecule has 8 heteroatoms. The number of hydrogen-bond acceptors (Lipinski definition) is 4. The zero-order chi connectivity index (χ0) is 15.2. The average molecular weight is 318 g/mol. The standard InChI is InChI=1S/C12H22N4O2S2/c1-12(2,16-20(3,17)18)9-15-11(13)14-7-6-10-5-4-8-19-10/h4-5,8,16H,6-7,9H2,1-3H3,(H3,13,14,15). The lowest BCUT2D eigenvalue weighted by molar-refractivity contribution is 0.465. The van der Waals surface area contributed by atoms with Crippen molar-refractivity contribution in [2.75, 3.05) is 19.3 Å². The van der Waals surface area contributed by atoms with E-state index in [2.05, 4.69) is 21.1 Å². The van der Waals surface area contributed by atoms with Crippen LogP contribution in [0.4, 0.5) is 0 Å². The first kappa shape index (κ1) is 16.9. The fraction of sp³-hybridized carbons (Fsp3) is 0.583. The van der Waals surface area contributed by atoms with Gasteiger partial charge in [-0.1, -0.05) is 6.07 Å². The average Bonchev–Trinajstić information content (AvgIpc) is 2.76. The number of thiophene rings is 1. The highest BCUT2D eigenvalue weighted by atomic mass is 32.2. The van der Waals surface area contributed by atoms with Crippen molar-refractivity contribution in [3.05, 3.63) is 22.4 Å². The van der Waals surface area contributed by atoms with Gasteiger partial charge in [0, 0.05) is 17.0 Å². The number of guanidine groups is 1. The molecule has 0 fully saturated rings. The largest absolute Gasteiger partial charge is 0.370 e. The van der Waals surface area contributed by atoms with Crippen molar-refractivity contribution >= 4 is 27.3 Å². The normalized spacial score (nSPS) is 13.4. The molecule has 0 aliphatic rings. The smallest absolute Gasteiger partial charge is 0.209 e. The second kappa shape index (κ2) is 7.05. The summed E-state index contributed by atoms with van der Waals surface area (Å²) < 4.78 is 24.9. The lowest BCUT2D eigenvalue weighted by Gasteiger charge is -2.22. The summed E-state index contributed by atoms with van der Waals surface area (Å²) in [7, 11) is -3.26. The molecule has 0 atom stereocenters. The van der Waals surface area contributed by atoms with E-state index in [4.69, 9.17) is 5.73 Å². The number of rotatable bonds is 7. The van der Waals surface area contributed by atoms with E-state index >= 15 is 0 Å². The fourth-order valence-electron chi connectivity index (χ4n) is 1.64. The van der Waals surface area contributed by atoms with Gasteiger partial charge in [0.2, 0.25) is 10.0 Å². The second-order valence-electron chi connectivity index (χ2n) is 5.22. The van der Waals surface area contributed by atoms with E-state index in [9.17, 15) is 8.42 Å². The van der Waals surface area contributed by atoms with Crippen LogP contribution in [0.5, 0.6) is 0 Å². The molecular formula is C12H22N4O2S2. The molecule has 0 saturated carbocycles. The number of hydrogen-bond donors (Lipinski definition) is 3. The third-order valence-corrected chi connectivity index (χ3v) is 4.22. The van der Waals surface area contributed by atoms with Gasteiger partial charge in [0.05, 0.1) is 12.8 Å². The van der Waals surface area contributed by atoms with Crippen molar-refractivity contribution in [2.24, 2.45) is 10.7 Å². The highest BCUT2D eigenvalue weighted by molar-refractivity contribution is 7.88. The molecule has 6 nitrogen and oxygen atoms in total. The Balaban J connectivity index is 2.37. The molecule has 4 N–H and O–H groups in total. The van der Waals surface area contributed by atoms with Gasteiger partial charge in [-0.25, -0.2) is 13.1 Å². The van der Waals surface area contributed by atoms with Crippen molar-refractivity contribution in [1.82, 2.24) is 10.0 Å². The molecule has 0 aliphatic heterocycles. The Bertz CT molecular complexity index is 536. The molecule has 0 bridgehead atoms. The molecule has 0 aromatic carbocycles. The first-order chi connectivity index (χ1) is 9.18. The van der Waals surface area contributed by atoms with E-state index in [0.717, 1.165) is 12.7 Å². The minimum absolute atomic E-state index is 0.276. The molecule has 0 amide bonds. The van der Waals surface area contributed by atoms with E-state index < -0.39 is 15.6 Å². The van der Waals surface area contributed by atoms with Gasteiger partial charge in [-0.15, -0.1) is 11.3 Å². The Morgan fingerprint density at radius 2 is 2.20 bits per heavy atom. The third kappa shape index (κ3) is 7.46. The summed E-state index contributed by atoms with van der Waals surface area (Å²) in [6.45, 7) is 4.50. The van der Waals surface area contributed by atoms with Crippen molar-refractivity contribution in [1.29, 1.82) is 0 Å². The summed E-state index contributed by atoms with van der Waals surface area (Å²) in [6, 6.07) is 4.08. The first-order valence-electron chi connectivity index (χ1n) is 6.23. The quantitative estimate of drug-likeness (QED) is 0.504. The molecule has 0 saturated heterocycles. The van der Waals surface area contributed by atoms with Gasteiger partial charge in [-0.05, 0) is 31.7 Å². The fourth-order valence-corrected chi connectivity index (χ4v) is 3.42. The predicted molar refractivity (Wildman–Crippen MR) is 84.6 cm³/mol. The summed E-state index contributed by atoms with van der Waals surface area (Å²) in [5.74, 6) is 0.324. The molecule has 0 spiro atoms. The Morgan fingerprint density at radius 3 is 2.75 bits per heavy atom. The van der Waals surface area contributed by atoms with Crippen molar-refractivity contribution < 1.29 is 8.42 Å². The van der Waals surface area contributed by atoms with Crippen LogP contribution in [0.1, 0.15) is 18.7 Å². The van der Waals surface area contributed by atoms with Gasteiger partial charge >= 0.3 is 0 Å². The highest BCUT2D eigenvalue weighted by Crippen LogP contribution is 2.08. The molecule has 1 aromatic heterocycles. The third-order valence-electron chi connectivity index (χ3n) is 2.36. The molecule has 1 heterocycles. The van der Waals surface area contributed by atoms with Crippen LogP contribution in [-0.2, 0) is 16.4 Å². The van der Waals surface area contributed by atoms with E-state index in [1.165, 1.54) is 4.88 Å². The summed E-state index contributed by atoms with van der Waals surface area (Å²) in [5, 5.41) is 5.05. The van der Waals surface area contributed by atoms with Gasteiger partial charge in [0.15, 0.2) is 5.96 Å². The van der Waals surface area contributed by atoms with Crippen LogP contribution in [0, 0.1) is 0 Å². The van der Waals surface area contributed by atoms with Crippen LogP contribution in [0.15, 0.2) is 22.5 Å². The monoisotopic (exact) mass is 318 g/mol. The SMILES string of the molecule is CC(C)(CN=C(N)NCCc1cccs1)NS(C)(=O)=O. The maximum absolute atomic E-state index is 11.2. The second-order valence-corrected chi connectivity index (χ2v) is 8.00. The summed E-state index contributed by atoms with van der Waals surface area (Å²) in [6.07, 6.45) is 2.01. The predicted octanol–water partition coefficient (Wildman–Crippen LogP) is 0.523. The minimum atomic E-state index is -3.26. The lowest BCUT2D eigenvalue weighted by atomic mass is 10.1. The summed E-state index contributed by atoms with van der Waals surface area (Å²) in [5.41, 5.74) is 5.09. The molecule has 0 aliphatic carbocycles. The van der Waals surface area contributed by atoms with Crippen LogP contribution < -0.4 is 15.8 Å². The number of sulfonamides is 1. The van der Waals surface area contributed by atoms with Crippen LogP contribution in [0.25, 0.3) is 0 Å². The van der Waals surface area contributed by atoms with Crippen molar-refractivity contribution in [2.45, 2.75) is 25.8 Å². The van der Waals surface area contributed by atoms with Gasteiger partial charge in [-0.3, -0.25) is 4.99 Å². The Morgan fingerprint density at radius 1 is 1.50 bits per heavy atom. The lowest BCUT2D eigenvalue weighted by Crippen LogP contribution is -2.46. The minimum Gasteiger partial charge on any atom is -0.370 e. The van der Waals surface area contributed by atoms with Crippen LogP contribution in [0.2, 0.25) is 0 Å². The molecule has 0 radical (unpaired) electrons. The summed E-state index contributed by atoms with van der Waals surface area (Å²) >= 11 is 1.70. The Hall–Kier alpha value is -1.12. The zero-order valence-electron chi connectivity index (χ0n) is 12.0. The van der Waals surface area contributed by atoms with Gasteiger partial charge in [0.25, 0.3) is 0 Å². The number of nitrogens with one attached hydrogen (secondary N) is 2. The number of nitrogens with two attached hydrogens (primary N) is 1. The highest BCUT2D eigenvalue weighted by Gasteiger charge is 2.21. The van der Waals surface area contributed by atoms with E-state index in [1.807, 2.05) is 11.4 Å². The summed E-state index contributed by atoms with van der Waals surface area (Å²) in [4.78, 5) is 5.44. The van der Waals surface area contributed by atoms with Crippen LogP contribution in [0.3, 0.4) is 0 Å². The zero-order valence-corrected chi connectivity index (χ0v) is 13.6. The molecule has 0 unspecified atom stereocenters. The van der Waals surface area contributed by atoms with Crippen molar-refractivity contribution in [3.63, 3.8) is 0 Å². The maximum Gasteiger partial charge on any atom is 0.209 e.